The second-order valence-electron chi connectivity index (χ2n) is 6.72. The molecule has 1 aliphatic heterocycles. The summed E-state index contributed by atoms with van der Waals surface area (Å²) in [5.41, 5.74) is -2.45. The van der Waals surface area contributed by atoms with E-state index in [2.05, 4.69) is 10.4 Å². The predicted molar refractivity (Wildman–Crippen MR) is 90.4 cm³/mol. The minimum Gasteiger partial charge on any atom is -0.362 e. The number of halogens is 3. The van der Waals surface area contributed by atoms with Crippen LogP contribution in [0.25, 0.3) is 0 Å². The monoisotopic (exact) mass is 383 g/mol. The zero-order valence-corrected chi connectivity index (χ0v) is 14.5. The third-order valence-corrected chi connectivity index (χ3v) is 4.96. The van der Waals surface area contributed by atoms with E-state index in [1.165, 1.54) is 0 Å². The van der Waals surface area contributed by atoms with Crippen molar-refractivity contribution < 1.29 is 27.9 Å². The first-order chi connectivity index (χ1) is 12.7. The lowest BCUT2D eigenvalue weighted by Crippen LogP contribution is -2.63. The molecule has 2 atom stereocenters. The Balaban J connectivity index is 1.71. The number of hydrazone groups is 1. The van der Waals surface area contributed by atoms with E-state index in [-0.39, 0.29) is 30.1 Å². The maximum atomic E-state index is 13.6. The molecule has 2 N–H and O–H groups in total. The van der Waals surface area contributed by atoms with Crippen molar-refractivity contribution in [3.8, 4) is 0 Å². The summed E-state index contributed by atoms with van der Waals surface area (Å²) < 4.78 is 40.8. The number of benzene rings is 1. The minimum absolute atomic E-state index is 0.0637. The highest BCUT2D eigenvalue weighted by atomic mass is 19.4. The van der Waals surface area contributed by atoms with Crippen molar-refractivity contribution in [1.29, 1.82) is 0 Å². The summed E-state index contributed by atoms with van der Waals surface area (Å²) in [6.45, 7) is 0.0763. The van der Waals surface area contributed by atoms with Gasteiger partial charge >= 0.3 is 18.0 Å². The fourth-order valence-electron chi connectivity index (χ4n) is 3.56. The summed E-state index contributed by atoms with van der Waals surface area (Å²) in [5, 5.41) is 16.3. The highest BCUT2D eigenvalue weighted by Gasteiger charge is 2.68. The Morgan fingerprint density at radius 2 is 1.96 bits per heavy atom. The molecule has 1 saturated carbocycles. The number of hydrogen-bond donors (Lipinski definition) is 2. The van der Waals surface area contributed by atoms with Crippen LogP contribution >= 0.6 is 0 Å². The van der Waals surface area contributed by atoms with Gasteiger partial charge in [0.05, 0.1) is 5.92 Å². The molecule has 1 aromatic rings. The Kier molecular flexibility index (Phi) is 5.23. The van der Waals surface area contributed by atoms with Gasteiger partial charge in [0.2, 0.25) is 0 Å². The van der Waals surface area contributed by atoms with Crippen LogP contribution in [0.3, 0.4) is 0 Å². The number of nitrogens with one attached hydrogen (secondary N) is 1. The Labute approximate surface area is 154 Å². The molecule has 1 heterocycles. The number of aliphatic hydroxyl groups is 1. The lowest BCUT2D eigenvalue weighted by atomic mass is 9.80. The summed E-state index contributed by atoms with van der Waals surface area (Å²) in [6.07, 6.45) is -3.25. The quantitative estimate of drug-likeness (QED) is 0.784. The van der Waals surface area contributed by atoms with Crippen LogP contribution in [0, 0.1) is 5.92 Å². The van der Waals surface area contributed by atoms with Gasteiger partial charge in [-0.05, 0) is 31.2 Å². The van der Waals surface area contributed by atoms with Crippen LogP contribution in [0.1, 0.15) is 31.2 Å². The molecule has 1 aromatic carbocycles. The second kappa shape index (κ2) is 7.30. The molecule has 1 aliphatic carbocycles. The first kappa shape index (κ1) is 19.3. The normalized spacial score (nSPS) is 25.0. The van der Waals surface area contributed by atoms with Crippen LogP contribution in [0.2, 0.25) is 0 Å². The molecular formula is C18H20F3N3O3. The van der Waals surface area contributed by atoms with Gasteiger partial charge in [0, 0.05) is 12.3 Å². The minimum atomic E-state index is -5.12. The fourth-order valence-corrected chi connectivity index (χ4v) is 3.56. The SMILES string of the molecule is O=C(NCCc1ccccc1)C(=O)N1N=C2CCCCC2C1(O)C(F)(F)F. The molecule has 2 unspecified atom stereocenters. The van der Waals surface area contributed by atoms with Crippen LogP contribution in [-0.4, -0.2) is 46.1 Å². The molecule has 0 spiro atoms. The average Bonchev–Trinajstić information content (AvgIpc) is 2.96. The Morgan fingerprint density at radius 3 is 2.63 bits per heavy atom. The van der Waals surface area contributed by atoms with E-state index in [9.17, 15) is 27.9 Å². The zero-order valence-electron chi connectivity index (χ0n) is 14.5. The zero-order chi connectivity index (χ0) is 19.7. The summed E-state index contributed by atoms with van der Waals surface area (Å²) >= 11 is 0. The van der Waals surface area contributed by atoms with Crippen LogP contribution in [0.15, 0.2) is 35.4 Å². The van der Waals surface area contributed by atoms with E-state index in [0.717, 1.165) is 5.56 Å². The molecule has 2 aliphatic rings. The first-order valence-corrected chi connectivity index (χ1v) is 8.78. The van der Waals surface area contributed by atoms with Crippen LogP contribution in [0.4, 0.5) is 13.2 Å². The molecular weight excluding hydrogens is 363 g/mol. The molecule has 1 fully saturated rings. The standard InChI is InChI=1S/C18H20F3N3O3/c19-18(20,21)17(27)13-8-4-5-9-14(13)23-24(17)16(26)15(25)22-11-10-12-6-2-1-3-7-12/h1-3,6-7,13,27H,4-5,8-11H2,(H,22,25). The van der Waals surface area contributed by atoms with Crippen molar-refractivity contribution in [2.75, 3.05) is 6.54 Å². The predicted octanol–water partition coefficient (Wildman–Crippen LogP) is 1.98. The highest BCUT2D eigenvalue weighted by molar-refractivity contribution is 6.35. The molecule has 9 heteroatoms. The van der Waals surface area contributed by atoms with E-state index in [4.69, 9.17) is 0 Å². The van der Waals surface area contributed by atoms with Crippen LogP contribution in [-0.2, 0) is 16.0 Å². The van der Waals surface area contributed by atoms with Gasteiger partial charge in [-0.25, -0.2) is 0 Å². The van der Waals surface area contributed by atoms with Gasteiger partial charge in [0.1, 0.15) is 0 Å². The Hall–Kier alpha value is -2.42. The molecule has 0 saturated heterocycles. The van der Waals surface area contributed by atoms with Crippen LogP contribution in [0.5, 0.6) is 0 Å². The van der Waals surface area contributed by atoms with E-state index < -0.39 is 29.6 Å². The van der Waals surface area contributed by atoms with Crippen molar-refractivity contribution >= 4 is 17.5 Å². The maximum Gasteiger partial charge on any atom is 0.439 e. The van der Waals surface area contributed by atoms with Gasteiger partial charge in [-0.3, -0.25) is 9.59 Å². The average molecular weight is 383 g/mol. The lowest BCUT2D eigenvalue weighted by molar-refractivity contribution is -0.316. The third-order valence-electron chi connectivity index (χ3n) is 4.96. The number of nitrogens with zero attached hydrogens (tertiary/aromatic N) is 2. The molecule has 27 heavy (non-hydrogen) atoms. The van der Waals surface area contributed by atoms with Crippen molar-refractivity contribution in [3.63, 3.8) is 0 Å². The van der Waals surface area contributed by atoms with Gasteiger partial charge < -0.3 is 10.4 Å². The van der Waals surface area contributed by atoms with Crippen molar-refractivity contribution in [2.24, 2.45) is 11.0 Å². The highest BCUT2D eigenvalue weighted by Crippen LogP contribution is 2.48. The number of carbonyl (C=O) groups excluding carboxylic acids is 2. The van der Waals surface area contributed by atoms with Gasteiger partial charge in [0.25, 0.3) is 5.72 Å². The number of amides is 2. The van der Waals surface area contributed by atoms with Crippen molar-refractivity contribution in [1.82, 2.24) is 10.3 Å². The summed E-state index contributed by atoms with van der Waals surface area (Å²) in [5.74, 6) is -4.06. The number of alkyl halides is 3. The smallest absolute Gasteiger partial charge is 0.362 e. The second-order valence-corrected chi connectivity index (χ2v) is 6.72. The summed E-state index contributed by atoms with van der Waals surface area (Å²) in [7, 11) is 0. The largest absolute Gasteiger partial charge is 0.439 e. The molecule has 2 amide bonds. The van der Waals surface area contributed by atoms with E-state index in [1.807, 2.05) is 30.3 Å². The van der Waals surface area contributed by atoms with Gasteiger partial charge in [0.15, 0.2) is 0 Å². The lowest BCUT2D eigenvalue weighted by Gasteiger charge is -2.37. The van der Waals surface area contributed by atoms with Crippen molar-refractivity contribution in [2.45, 2.75) is 44.0 Å². The summed E-state index contributed by atoms with van der Waals surface area (Å²) in [6, 6.07) is 9.11. The number of fused-ring (bicyclic) bond motifs is 1. The van der Waals surface area contributed by atoms with Gasteiger partial charge in [-0.15, -0.1) is 0 Å². The Morgan fingerprint density at radius 1 is 1.26 bits per heavy atom. The molecule has 0 aromatic heterocycles. The Bertz CT molecular complexity index is 751. The number of rotatable bonds is 3. The first-order valence-electron chi connectivity index (χ1n) is 8.78. The van der Waals surface area contributed by atoms with E-state index in [0.29, 0.717) is 19.3 Å². The molecule has 3 rings (SSSR count). The molecule has 6 nitrogen and oxygen atoms in total. The molecule has 0 bridgehead atoms. The van der Waals surface area contributed by atoms with Gasteiger partial charge in [-0.2, -0.15) is 23.3 Å². The van der Waals surface area contributed by atoms with Crippen molar-refractivity contribution in [3.05, 3.63) is 35.9 Å². The molecule has 146 valence electrons. The number of carbonyl (C=O) groups is 2. The fraction of sp³-hybridized carbons (Fsp3) is 0.500. The molecule has 0 radical (unpaired) electrons. The topological polar surface area (TPSA) is 82.0 Å². The van der Waals surface area contributed by atoms with Gasteiger partial charge in [-0.1, -0.05) is 36.8 Å². The van der Waals surface area contributed by atoms with E-state index >= 15 is 0 Å². The number of hydrogen-bond acceptors (Lipinski definition) is 4. The third kappa shape index (κ3) is 3.55. The summed E-state index contributed by atoms with van der Waals surface area (Å²) in [4.78, 5) is 24.4. The van der Waals surface area contributed by atoms with Crippen LogP contribution < -0.4 is 5.32 Å². The maximum absolute atomic E-state index is 13.6. The van der Waals surface area contributed by atoms with E-state index in [1.54, 1.807) is 0 Å².